The number of pyridine rings is 1. The van der Waals surface area contributed by atoms with E-state index in [0.29, 0.717) is 36.7 Å². The fraction of sp³-hybridized carbons (Fsp3) is 0.444. The van der Waals surface area contributed by atoms with E-state index in [1.807, 2.05) is 36.1 Å². The molecule has 3 heterocycles. The molecule has 0 bridgehead atoms. The van der Waals surface area contributed by atoms with Crippen LogP contribution in [0.4, 0.5) is 0 Å². The van der Waals surface area contributed by atoms with Gasteiger partial charge in [0.15, 0.2) is 0 Å². The Hall–Kier alpha value is -3.55. The molecule has 0 unspecified atom stereocenters. The molecule has 1 aliphatic heterocycles. The zero-order valence-electron chi connectivity index (χ0n) is 20.5. The second-order valence-electron chi connectivity index (χ2n) is 9.58. The zero-order chi connectivity index (χ0) is 24.5. The topological polar surface area (TPSA) is 96.5 Å². The average Bonchev–Trinajstić information content (AvgIpc) is 3.62. The van der Waals surface area contributed by atoms with Gasteiger partial charge in [0.2, 0.25) is 5.91 Å². The summed E-state index contributed by atoms with van der Waals surface area (Å²) in [4.78, 5) is 34.7. The lowest BCUT2D eigenvalue weighted by Gasteiger charge is -2.31. The minimum Gasteiger partial charge on any atom is -0.497 e. The van der Waals surface area contributed by atoms with Gasteiger partial charge in [-0.15, -0.1) is 0 Å². The van der Waals surface area contributed by atoms with Crippen LogP contribution in [-0.2, 0) is 4.79 Å². The summed E-state index contributed by atoms with van der Waals surface area (Å²) in [5.74, 6) is 2.07. The highest BCUT2D eigenvalue weighted by Crippen LogP contribution is 2.39. The molecule has 35 heavy (non-hydrogen) atoms. The van der Waals surface area contributed by atoms with E-state index in [2.05, 4.69) is 15.3 Å². The summed E-state index contributed by atoms with van der Waals surface area (Å²) in [6.45, 7) is 5.50. The van der Waals surface area contributed by atoms with Gasteiger partial charge in [-0.25, -0.2) is 0 Å². The highest BCUT2D eigenvalue weighted by atomic mass is 16.5. The Bertz CT molecular complexity index is 1260. The molecule has 8 nitrogen and oxygen atoms in total. The van der Waals surface area contributed by atoms with E-state index in [-0.39, 0.29) is 17.9 Å². The van der Waals surface area contributed by atoms with E-state index in [9.17, 15) is 9.59 Å². The highest BCUT2D eigenvalue weighted by molar-refractivity contribution is 6.09. The molecule has 2 aromatic heterocycles. The Labute approximate surface area is 205 Å². The van der Waals surface area contributed by atoms with Crippen molar-refractivity contribution in [3.05, 3.63) is 41.7 Å². The van der Waals surface area contributed by atoms with E-state index in [1.165, 1.54) is 12.8 Å². The minimum absolute atomic E-state index is 0.0367. The Morgan fingerprint density at radius 1 is 1.14 bits per heavy atom. The number of rotatable bonds is 7. The van der Waals surface area contributed by atoms with E-state index < -0.39 is 0 Å². The lowest BCUT2D eigenvalue weighted by molar-refractivity contribution is -0.129. The van der Waals surface area contributed by atoms with Gasteiger partial charge in [0.05, 0.1) is 24.8 Å². The molecule has 2 fully saturated rings. The molecular formula is C27H32N4O4. The van der Waals surface area contributed by atoms with Crippen LogP contribution in [0.3, 0.4) is 0 Å². The smallest absolute Gasteiger partial charge is 0.255 e. The molecular weight excluding hydrogens is 444 g/mol. The number of methoxy groups -OCH3 is 1. The average molecular weight is 477 g/mol. The maximum Gasteiger partial charge on any atom is 0.255 e. The van der Waals surface area contributed by atoms with Gasteiger partial charge in [-0.1, -0.05) is 0 Å². The largest absolute Gasteiger partial charge is 0.497 e. The number of aryl methyl sites for hydroxylation is 1. The molecule has 1 aliphatic carbocycles. The summed E-state index contributed by atoms with van der Waals surface area (Å²) in [5.41, 5.74) is 4.65. The predicted molar refractivity (Wildman–Crippen MR) is 134 cm³/mol. The fourth-order valence-electron chi connectivity index (χ4n) is 4.77. The van der Waals surface area contributed by atoms with Crippen LogP contribution in [-0.4, -0.2) is 59.5 Å². The third-order valence-corrected chi connectivity index (χ3v) is 7.03. The Morgan fingerprint density at radius 2 is 1.91 bits per heavy atom. The molecule has 1 saturated carbocycles. The number of carbonyl (C=O) groups is 2. The first-order valence-electron chi connectivity index (χ1n) is 12.3. The Balaban J connectivity index is 1.44. The maximum absolute atomic E-state index is 13.3. The van der Waals surface area contributed by atoms with Crippen LogP contribution < -0.4 is 14.8 Å². The van der Waals surface area contributed by atoms with E-state index in [4.69, 9.17) is 9.47 Å². The molecule has 2 amide bonds. The van der Waals surface area contributed by atoms with Crippen molar-refractivity contribution >= 4 is 22.8 Å². The van der Waals surface area contributed by atoms with Crippen LogP contribution in [0.1, 0.15) is 48.7 Å². The summed E-state index contributed by atoms with van der Waals surface area (Å²) >= 11 is 0. The van der Waals surface area contributed by atoms with Crippen molar-refractivity contribution in [2.24, 2.45) is 5.92 Å². The number of likely N-dealkylation sites (tertiary alicyclic amines) is 1. The van der Waals surface area contributed by atoms with Gasteiger partial charge in [-0.3, -0.25) is 14.6 Å². The summed E-state index contributed by atoms with van der Waals surface area (Å²) in [5, 5.41) is 3.16. The monoisotopic (exact) mass is 476 g/mol. The molecule has 0 spiro atoms. The molecule has 0 atom stereocenters. The number of H-pyrrole nitrogens is 1. The van der Waals surface area contributed by atoms with E-state index in [0.717, 1.165) is 46.7 Å². The fourth-order valence-corrected chi connectivity index (χ4v) is 4.77. The number of aromatic amines is 1. The quantitative estimate of drug-likeness (QED) is 0.536. The number of fused-ring (bicyclic) bond motifs is 1. The first-order chi connectivity index (χ1) is 16.9. The maximum atomic E-state index is 13.3. The van der Waals surface area contributed by atoms with Crippen LogP contribution in [0.5, 0.6) is 11.5 Å². The second-order valence-corrected chi connectivity index (χ2v) is 9.58. The summed E-state index contributed by atoms with van der Waals surface area (Å²) in [6.07, 6.45) is 5.65. The van der Waals surface area contributed by atoms with Crippen molar-refractivity contribution in [2.75, 3.05) is 26.8 Å². The van der Waals surface area contributed by atoms with Crippen molar-refractivity contribution in [2.45, 2.75) is 45.6 Å². The number of benzene rings is 1. The van der Waals surface area contributed by atoms with E-state index in [1.54, 1.807) is 20.2 Å². The number of hydrogen-bond acceptors (Lipinski definition) is 5. The molecule has 2 aliphatic rings. The standard InChI is InChI=1S/C27H32N4O4/c1-16-24(27(33)30-19-9-12-31(13-10-19)17(2)32)26-25(29-16)22(8-11-28-26)21-7-6-20(34-3)14-23(21)35-15-18-4-5-18/h6-8,11,14,18-19,29H,4-5,9-10,12-13,15H2,1-3H3,(H,30,33). The van der Waals surface area contributed by atoms with Crippen molar-refractivity contribution in [3.8, 4) is 22.6 Å². The molecule has 0 radical (unpaired) electrons. The summed E-state index contributed by atoms with van der Waals surface area (Å²) in [7, 11) is 1.65. The number of nitrogens with zero attached hydrogens (tertiary/aromatic N) is 2. The number of nitrogens with one attached hydrogen (secondary N) is 2. The van der Waals surface area contributed by atoms with Crippen molar-refractivity contribution < 1.29 is 19.1 Å². The molecule has 1 aromatic carbocycles. The minimum atomic E-state index is -0.139. The zero-order valence-corrected chi connectivity index (χ0v) is 20.5. The van der Waals surface area contributed by atoms with Gasteiger partial charge in [-0.05, 0) is 56.7 Å². The number of carbonyl (C=O) groups excluding carboxylic acids is 2. The van der Waals surface area contributed by atoms with E-state index >= 15 is 0 Å². The van der Waals surface area contributed by atoms with Crippen LogP contribution >= 0.6 is 0 Å². The summed E-state index contributed by atoms with van der Waals surface area (Å²) < 4.78 is 11.6. The second kappa shape index (κ2) is 9.60. The molecule has 5 rings (SSSR count). The number of ether oxygens (including phenoxy) is 2. The Kier molecular flexibility index (Phi) is 6.36. The third kappa shape index (κ3) is 4.83. The number of aromatic nitrogens is 2. The number of hydrogen-bond donors (Lipinski definition) is 2. The lowest BCUT2D eigenvalue weighted by Crippen LogP contribution is -2.46. The van der Waals surface area contributed by atoms with Gasteiger partial charge >= 0.3 is 0 Å². The highest BCUT2D eigenvalue weighted by Gasteiger charge is 2.26. The van der Waals surface area contributed by atoms with Gasteiger partial charge in [-0.2, -0.15) is 0 Å². The number of amides is 2. The van der Waals surface area contributed by atoms with Crippen molar-refractivity contribution in [1.82, 2.24) is 20.2 Å². The normalized spacial score (nSPS) is 16.4. The van der Waals surface area contributed by atoms with Crippen LogP contribution in [0.15, 0.2) is 30.5 Å². The molecule has 8 heteroatoms. The SMILES string of the molecule is COc1ccc(-c2ccnc3c(C(=O)NC4CCN(C(C)=O)CC4)c(C)[nH]c23)c(OCC2CC2)c1. The summed E-state index contributed by atoms with van der Waals surface area (Å²) in [6, 6.07) is 7.82. The van der Waals surface area contributed by atoms with Crippen molar-refractivity contribution in [1.29, 1.82) is 0 Å². The first kappa shape index (κ1) is 23.2. The van der Waals surface area contributed by atoms with Crippen molar-refractivity contribution in [3.63, 3.8) is 0 Å². The lowest BCUT2D eigenvalue weighted by atomic mass is 10.0. The van der Waals surface area contributed by atoms with Crippen LogP contribution in [0.2, 0.25) is 0 Å². The first-order valence-corrected chi connectivity index (χ1v) is 12.3. The van der Waals surface area contributed by atoms with Gasteiger partial charge < -0.3 is 24.7 Å². The van der Waals surface area contributed by atoms with Gasteiger partial charge in [0.1, 0.15) is 17.0 Å². The third-order valence-electron chi connectivity index (χ3n) is 7.03. The number of piperidine rings is 1. The molecule has 184 valence electrons. The van der Waals surface area contributed by atoms with Crippen LogP contribution in [0.25, 0.3) is 22.2 Å². The predicted octanol–water partition coefficient (Wildman–Crippen LogP) is 4.08. The molecule has 2 N–H and O–H groups in total. The Morgan fingerprint density at radius 3 is 2.60 bits per heavy atom. The van der Waals surface area contributed by atoms with Gasteiger partial charge in [0, 0.05) is 55.1 Å². The van der Waals surface area contributed by atoms with Gasteiger partial charge in [0.25, 0.3) is 5.91 Å². The molecule has 1 saturated heterocycles. The van der Waals surface area contributed by atoms with Crippen LogP contribution in [0, 0.1) is 12.8 Å². The molecule has 3 aromatic rings.